The van der Waals surface area contributed by atoms with Gasteiger partial charge in [0.25, 0.3) is 0 Å². The van der Waals surface area contributed by atoms with Crippen LogP contribution in [0.3, 0.4) is 0 Å². The first-order valence-electron chi connectivity index (χ1n) is 7.01. The Morgan fingerprint density at radius 2 is 2.15 bits per heavy atom. The van der Waals surface area contributed by atoms with Crippen LogP contribution < -0.4 is 5.32 Å². The third-order valence-electron chi connectivity index (χ3n) is 3.35. The highest BCUT2D eigenvalue weighted by Gasteiger charge is 2.09. The van der Waals surface area contributed by atoms with Gasteiger partial charge in [-0.05, 0) is 37.6 Å². The van der Waals surface area contributed by atoms with Crippen molar-refractivity contribution in [3.63, 3.8) is 0 Å². The summed E-state index contributed by atoms with van der Waals surface area (Å²) in [4.78, 5) is 15.6. The van der Waals surface area contributed by atoms with E-state index >= 15 is 0 Å². The largest absolute Gasteiger partial charge is 0.478 e. The Kier molecular flexibility index (Phi) is 4.56. The lowest BCUT2D eigenvalue weighted by Gasteiger charge is -2.14. The summed E-state index contributed by atoms with van der Waals surface area (Å²) in [5, 5.41) is 13.2. The number of unbranched alkanes of at least 4 members (excludes halogenated alkanes) is 1. The number of rotatable bonds is 6. The van der Waals surface area contributed by atoms with Crippen molar-refractivity contribution in [1.29, 1.82) is 0 Å². The van der Waals surface area contributed by atoms with E-state index in [-0.39, 0.29) is 0 Å². The standard InChI is InChI=1S/C16H20N2O2/c1-3-4-6-11(2)17-15-10-9-12-13(16(19)20)7-5-8-14(12)18-15/h5,7-11H,3-4,6H2,1-2H3,(H,17,18)(H,19,20). The third kappa shape index (κ3) is 3.26. The molecule has 0 aliphatic rings. The zero-order valence-electron chi connectivity index (χ0n) is 11.9. The highest BCUT2D eigenvalue weighted by atomic mass is 16.4. The maximum atomic E-state index is 11.2. The molecule has 2 aromatic rings. The summed E-state index contributed by atoms with van der Waals surface area (Å²) in [5.41, 5.74) is 0.998. The molecule has 1 unspecified atom stereocenters. The van der Waals surface area contributed by atoms with E-state index in [0.29, 0.717) is 22.5 Å². The number of pyridine rings is 1. The maximum Gasteiger partial charge on any atom is 0.336 e. The molecule has 2 N–H and O–H groups in total. The molecule has 1 aromatic heterocycles. The summed E-state index contributed by atoms with van der Waals surface area (Å²) in [6.45, 7) is 4.31. The Morgan fingerprint density at radius 3 is 2.85 bits per heavy atom. The zero-order valence-corrected chi connectivity index (χ0v) is 11.9. The molecule has 106 valence electrons. The molecule has 1 aromatic carbocycles. The fraction of sp³-hybridized carbons (Fsp3) is 0.375. The molecule has 4 nitrogen and oxygen atoms in total. The molecule has 4 heteroatoms. The minimum Gasteiger partial charge on any atom is -0.478 e. The van der Waals surface area contributed by atoms with Gasteiger partial charge in [0, 0.05) is 11.4 Å². The second kappa shape index (κ2) is 6.37. The summed E-state index contributed by atoms with van der Waals surface area (Å²) in [6.07, 6.45) is 3.47. The second-order valence-electron chi connectivity index (χ2n) is 5.06. The first-order valence-corrected chi connectivity index (χ1v) is 7.01. The van der Waals surface area contributed by atoms with Gasteiger partial charge >= 0.3 is 5.97 Å². The number of aromatic carboxylic acids is 1. The van der Waals surface area contributed by atoms with Crippen LogP contribution in [0.1, 0.15) is 43.5 Å². The number of nitrogens with zero attached hydrogens (tertiary/aromatic N) is 1. The molecule has 0 spiro atoms. The number of aromatic nitrogens is 1. The maximum absolute atomic E-state index is 11.2. The van der Waals surface area contributed by atoms with E-state index in [4.69, 9.17) is 5.11 Å². The van der Waals surface area contributed by atoms with E-state index in [1.807, 2.05) is 18.2 Å². The van der Waals surface area contributed by atoms with Gasteiger partial charge in [0.1, 0.15) is 5.82 Å². The molecule has 20 heavy (non-hydrogen) atoms. The van der Waals surface area contributed by atoms with Crippen molar-refractivity contribution in [2.24, 2.45) is 0 Å². The van der Waals surface area contributed by atoms with Crippen molar-refractivity contribution >= 4 is 22.7 Å². The minimum atomic E-state index is -0.922. The number of carbonyl (C=O) groups is 1. The van der Waals surface area contributed by atoms with E-state index < -0.39 is 5.97 Å². The summed E-state index contributed by atoms with van der Waals surface area (Å²) in [6, 6.07) is 9.19. The molecule has 1 heterocycles. The smallest absolute Gasteiger partial charge is 0.336 e. The quantitative estimate of drug-likeness (QED) is 0.836. The summed E-state index contributed by atoms with van der Waals surface area (Å²) < 4.78 is 0. The van der Waals surface area contributed by atoms with Crippen LogP contribution in [-0.4, -0.2) is 22.1 Å². The number of nitrogens with one attached hydrogen (secondary N) is 1. The molecule has 0 radical (unpaired) electrons. The first-order chi connectivity index (χ1) is 9.61. The molecular formula is C16H20N2O2. The van der Waals surface area contributed by atoms with E-state index in [1.165, 1.54) is 12.8 Å². The predicted octanol–water partition coefficient (Wildman–Crippen LogP) is 3.92. The van der Waals surface area contributed by atoms with Gasteiger partial charge < -0.3 is 10.4 Å². The number of carboxylic acids is 1. The SMILES string of the molecule is CCCCC(C)Nc1ccc2c(C(=O)O)cccc2n1. The molecule has 0 bridgehead atoms. The minimum absolute atomic E-state index is 0.292. The molecular weight excluding hydrogens is 252 g/mol. The van der Waals surface area contributed by atoms with Crippen molar-refractivity contribution in [2.75, 3.05) is 5.32 Å². The van der Waals surface area contributed by atoms with E-state index in [9.17, 15) is 4.79 Å². The Labute approximate surface area is 118 Å². The number of anilines is 1. The van der Waals surface area contributed by atoms with Crippen LogP contribution in [0.2, 0.25) is 0 Å². The Balaban J connectivity index is 2.24. The Bertz CT molecular complexity index is 610. The highest BCUT2D eigenvalue weighted by molar-refractivity contribution is 6.02. The monoisotopic (exact) mass is 272 g/mol. The van der Waals surface area contributed by atoms with Crippen LogP contribution in [-0.2, 0) is 0 Å². The van der Waals surface area contributed by atoms with Crippen molar-refractivity contribution in [2.45, 2.75) is 39.2 Å². The predicted molar refractivity (Wildman–Crippen MR) is 81.3 cm³/mol. The molecule has 0 aliphatic heterocycles. The average molecular weight is 272 g/mol. The molecule has 0 saturated carbocycles. The lowest BCUT2D eigenvalue weighted by molar-refractivity contribution is 0.0699. The number of carboxylic acid groups (broad SMARTS) is 1. The Hall–Kier alpha value is -2.10. The molecule has 0 saturated heterocycles. The summed E-state index contributed by atoms with van der Waals surface area (Å²) in [5.74, 6) is -0.127. The number of hydrogen-bond donors (Lipinski definition) is 2. The van der Waals surface area contributed by atoms with E-state index in [0.717, 1.165) is 12.2 Å². The number of hydrogen-bond acceptors (Lipinski definition) is 3. The summed E-state index contributed by atoms with van der Waals surface area (Å²) in [7, 11) is 0. The van der Waals surface area contributed by atoms with Gasteiger partial charge in [-0.15, -0.1) is 0 Å². The molecule has 0 amide bonds. The fourth-order valence-corrected chi connectivity index (χ4v) is 2.26. The van der Waals surface area contributed by atoms with Gasteiger partial charge in [0.2, 0.25) is 0 Å². The van der Waals surface area contributed by atoms with Crippen molar-refractivity contribution < 1.29 is 9.90 Å². The van der Waals surface area contributed by atoms with Gasteiger partial charge in [0.15, 0.2) is 0 Å². The third-order valence-corrected chi connectivity index (χ3v) is 3.35. The lowest BCUT2D eigenvalue weighted by Crippen LogP contribution is -2.15. The van der Waals surface area contributed by atoms with E-state index in [2.05, 4.69) is 24.1 Å². The van der Waals surface area contributed by atoms with Crippen LogP contribution in [0.5, 0.6) is 0 Å². The number of benzene rings is 1. The normalized spacial score (nSPS) is 12.3. The zero-order chi connectivity index (χ0) is 14.5. The lowest BCUT2D eigenvalue weighted by atomic mass is 10.1. The van der Waals surface area contributed by atoms with Gasteiger partial charge in [-0.3, -0.25) is 0 Å². The first kappa shape index (κ1) is 14.3. The van der Waals surface area contributed by atoms with Crippen LogP contribution in [0, 0.1) is 0 Å². The van der Waals surface area contributed by atoms with Crippen LogP contribution in [0.4, 0.5) is 5.82 Å². The van der Waals surface area contributed by atoms with Crippen LogP contribution in [0.25, 0.3) is 10.9 Å². The summed E-state index contributed by atoms with van der Waals surface area (Å²) >= 11 is 0. The second-order valence-corrected chi connectivity index (χ2v) is 5.06. The van der Waals surface area contributed by atoms with Gasteiger partial charge in [-0.1, -0.05) is 25.8 Å². The molecule has 0 fully saturated rings. The van der Waals surface area contributed by atoms with Crippen molar-refractivity contribution in [3.05, 3.63) is 35.9 Å². The molecule has 2 rings (SSSR count). The van der Waals surface area contributed by atoms with Crippen molar-refractivity contribution in [3.8, 4) is 0 Å². The fourth-order valence-electron chi connectivity index (χ4n) is 2.26. The average Bonchev–Trinajstić information content (AvgIpc) is 2.44. The van der Waals surface area contributed by atoms with Gasteiger partial charge in [-0.25, -0.2) is 9.78 Å². The van der Waals surface area contributed by atoms with Crippen LogP contribution >= 0.6 is 0 Å². The van der Waals surface area contributed by atoms with E-state index in [1.54, 1.807) is 12.1 Å². The van der Waals surface area contributed by atoms with Gasteiger partial charge in [-0.2, -0.15) is 0 Å². The number of fused-ring (bicyclic) bond motifs is 1. The Morgan fingerprint density at radius 1 is 1.35 bits per heavy atom. The van der Waals surface area contributed by atoms with Crippen molar-refractivity contribution in [1.82, 2.24) is 4.98 Å². The molecule has 1 atom stereocenters. The van der Waals surface area contributed by atoms with Crippen LogP contribution in [0.15, 0.2) is 30.3 Å². The topological polar surface area (TPSA) is 62.2 Å². The van der Waals surface area contributed by atoms with Gasteiger partial charge in [0.05, 0.1) is 11.1 Å². The molecule has 0 aliphatic carbocycles. The highest BCUT2D eigenvalue weighted by Crippen LogP contribution is 2.20.